The number of ether oxygens (including phenoxy) is 2. The third-order valence-corrected chi connectivity index (χ3v) is 5.37. The molecule has 0 heterocycles. The predicted octanol–water partition coefficient (Wildman–Crippen LogP) is 4.86. The lowest BCUT2D eigenvalue weighted by Gasteiger charge is -2.20. The van der Waals surface area contributed by atoms with Gasteiger partial charge in [0.05, 0.1) is 20.3 Å². The largest absolute Gasteiger partial charge is 0.493 e. The van der Waals surface area contributed by atoms with E-state index in [0.29, 0.717) is 17.1 Å². The molecule has 2 aromatic rings. The molecule has 1 unspecified atom stereocenters. The van der Waals surface area contributed by atoms with Crippen LogP contribution in [0.4, 0.5) is 0 Å². The molecule has 0 fully saturated rings. The van der Waals surface area contributed by atoms with E-state index in [4.69, 9.17) is 9.47 Å². The SMILES string of the molecule is COc1ccc(/C=C(\C)C(=O)NC(C)c2ccc3c(c2)CCCC3)cc1OC. The maximum Gasteiger partial charge on any atom is 0.247 e. The van der Waals surface area contributed by atoms with Crippen molar-refractivity contribution >= 4 is 12.0 Å². The minimum atomic E-state index is -0.0694. The zero-order chi connectivity index (χ0) is 20.1. The van der Waals surface area contributed by atoms with Gasteiger partial charge in [0.1, 0.15) is 0 Å². The Kier molecular flexibility index (Phi) is 6.40. The number of benzene rings is 2. The van der Waals surface area contributed by atoms with E-state index < -0.39 is 0 Å². The van der Waals surface area contributed by atoms with E-state index in [1.807, 2.05) is 38.1 Å². The molecule has 4 heteroatoms. The van der Waals surface area contributed by atoms with E-state index in [1.54, 1.807) is 14.2 Å². The van der Waals surface area contributed by atoms with Crippen LogP contribution >= 0.6 is 0 Å². The number of rotatable bonds is 6. The third-order valence-electron chi connectivity index (χ3n) is 5.37. The van der Waals surface area contributed by atoms with Gasteiger partial charge in [0.25, 0.3) is 0 Å². The minimum Gasteiger partial charge on any atom is -0.493 e. The molecular weight excluding hydrogens is 350 g/mol. The number of hydrogen-bond donors (Lipinski definition) is 1. The lowest BCUT2D eigenvalue weighted by molar-refractivity contribution is -0.118. The quantitative estimate of drug-likeness (QED) is 0.729. The van der Waals surface area contributed by atoms with Gasteiger partial charge in [-0.05, 0) is 80.0 Å². The topological polar surface area (TPSA) is 47.6 Å². The summed E-state index contributed by atoms with van der Waals surface area (Å²) in [6, 6.07) is 12.2. The molecule has 1 aliphatic rings. The Morgan fingerprint density at radius 2 is 1.71 bits per heavy atom. The Morgan fingerprint density at radius 1 is 1.00 bits per heavy atom. The molecule has 0 saturated heterocycles. The van der Waals surface area contributed by atoms with Gasteiger partial charge >= 0.3 is 0 Å². The first-order valence-electron chi connectivity index (χ1n) is 9.84. The number of methoxy groups -OCH3 is 2. The summed E-state index contributed by atoms with van der Waals surface area (Å²) in [6.45, 7) is 3.86. The zero-order valence-electron chi connectivity index (χ0n) is 17.2. The summed E-state index contributed by atoms with van der Waals surface area (Å²) in [4.78, 5) is 12.7. The van der Waals surface area contributed by atoms with Gasteiger partial charge in [0.2, 0.25) is 5.91 Å². The first-order valence-corrected chi connectivity index (χ1v) is 9.84. The van der Waals surface area contributed by atoms with Crippen molar-refractivity contribution in [1.29, 1.82) is 0 Å². The van der Waals surface area contributed by atoms with Crippen LogP contribution < -0.4 is 14.8 Å². The second-order valence-electron chi connectivity index (χ2n) is 7.37. The van der Waals surface area contributed by atoms with Crippen molar-refractivity contribution in [1.82, 2.24) is 5.32 Å². The number of nitrogens with one attached hydrogen (secondary N) is 1. The lowest BCUT2D eigenvalue weighted by Crippen LogP contribution is -2.27. The number of hydrogen-bond acceptors (Lipinski definition) is 3. The smallest absolute Gasteiger partial charge is 0.247 e. The Balaban J connectivity index is 1.70. The maximum atomic E-state index is 12.7. The monoisotopic (exact) mass is 379 g/mol. The second-order valence-corrected chi connectivity index (χ2v) is 7.37. The average Bonchev–Trinajstić information content (AvgIpc) is 2.73. The Morgan fingerprint density at radius 3 is 2.43 bits per heavy atom. The van der Waals surface area contributed by atoms with Crippen LogP contribution in [0, 0.1) is 0 Å². The van der Waals surface area contributed by atoms with Crippen LogP contribution in [0.25, 0.3) is 6.08 Å². The Labute approximate surface area is 167 Å². The molecule has 2 aromatic carbocycles. The highest BCUT2D eigenvalue weighted by atomic mass is 16.5. The van der Waals surface area contributed by atoms with E-state index in [9.17, 15) is 4.79 Å². The highest BCUT2D eigenvalue weighted by molar-refractivity contribution is 5.97. The van der Waals surface area contributed by atoms with Gasteiger partial charge in [-0.2, -0.15) is 0 Å². The minimum absolute atomic E-state index is 0.0338. The fourth-order valence-corrected chi connectivity index (χ4v) is 3.67. The molecule has 1 N–H and O–H groups in total. The van der Waals surface area contributed by atoms with E-state index in [2.05, 4.69) is 23.5 Å². The van der Waals surface area contributed by atoms with Gasteiger partial charge in [-0.25, -0.2) is 0 Å². The maximum absolute atomic E-state index is 12.7. The van der Waals surface area contributed by atoms with Crippen molar-refractivity contribution in [3.8, 4) is 11.5 Å². The van der Waals surface area contributed by atoms with Gasteiger partial charge in [-0.3, -0.25) is 4.79 Å². The van der Waals surface area contributed by atoms with Gasteiger partial charge < -0.3 is 14.8 Å². The summed E-state index contributed by atoms with van der Waals surface area (Å²) in [5.74, 6) is 1.25. The third kappa shape index (κ3) is 4.56. The van der Waals surface area contributed by atoms with E-state index in [0.717, 1.165) is 17.5 Å². The van der Waals surface area contributed by atoms with Gasteiger partial charge in [0, 0.05) is 5.57 Å². The van der Waals surface area contributed by atoms with Gasteiger partial charge in [-0.15, -0.1) is 0 Å². The van der Waals surface area contributed by atoms with Crippen molar-refractivity contribution in [2.24, 2.45) is 0 Å². The van der Waals surface area contributed by atoms with Crippen LogP contribution in [0.3, 0.4) is 0 Å². The first-order chi connectivity index (χ1) is 13.5. The van der Waals surface area contributed by atoms with Crippen molar-refractivity contribution in [2.75, 3.05) is 14.2 Å². The molecule has 0 radical (unpaired) electrons. The van der Waals surface area contributed by atoms with Crippen LogP contribution in [0.15, 0.2) is 42.0 Å². The normalized spacial score (nSPS) is 14.8. The Hall–Kier alpha value is -2.75. The second kappa shape index (κ2) is 8.96. The zero-order valence-corrected chi connectivity index (χ0v) is 17.2. The van der Waals surface area contributed by atoms with Crippen molar-refractivity contribution in [2.45, 2.75) is 45.6 Å². The van der Waals surface area contributed by atoms with Crippen LogP contribution in [-0.4, -0.2) is 20.1 Å². The number of aryl methyl sites for hydroxylation is 2. The standard InChI is InChI=1S/C24H29NO3/c1-16(13-18-9-12-22(27-3)23(14-18)28-4)24(26)25-17(2)20-11-10-19-7-5-6-8-21(19)15-20/h9-15,17H,5-8H2,1-4H3,(H,25,26)/b16-13+. The first kappa shape index (κ1) is 20.0. The van der Waals surface area contributed by atoms with E-state index in [1.165, 1.54) is 30.4 Å². The highest BCUT2D eigenvalue weighted by Crippen LogP contribution is 2.29. The molecule has 0 saturated carbocycles. The highest BCUT2D eigenvalue weighted by Gasteiger charge is 2.15. The molecule has 1 aliphatic carbocycles. The summed E-state index contributed by atoms with van der Waals surface area (Å²) in [6.07, 6.45) is 6.70. The van der Waals surface area contributed by atoms with E-state index in [-0.39, 0.29) is 11.9 Å². The Bertz CT molecular complexity index is 885. The number of carbonyl (C=O) groups is 1. The predicted molar refractivity (Wildman–Crippen MR) is 113 cm³/mol. The summed E-state index contributed by atoms with van der Waals surface area (Å²) < 4.78 is 10.6. The molecule has 1 amide bonds. The van der Waals surface area contributed by atoms with Crippen molar-refractivity contribution < 1.29 is 14.3 Å². The fraction of sp³-hybridized carbons (Fsp3) is 0.375. The molecule has 0 aliphatic heterocycles. The summed E-state index contributed by atoms with van der Waals surface area (Å²) in [5.41, 5.74) is 5.59. The number of amides is 1. The van der Waals surface area contributed by atoms with Crippen LogP contribution in [-0.2, 0) is 17.6 Å². The molecular formula is C24H29NO3. The van der Waals surface area contributed by atoms with Crippen molar-refractivity contribution in [3.05, 3.63) is 64.2 Å². The van der Waals surface area contributed by atoms with Crippen LogP contribution in [0.2, 0.25) is 0 Å². The molecule has 148 valence electrons. The average molecular weight is 380 g/mol. The number of fused-ring (bicyclic) bond motifs is 1. The number of carbonyl (C=O) groups excluding carboxylic acids is 1. The van der Waals surface area contributed by atoms with Gasteiger partial charge in [-0.1, -0.05) is 24.3 Å². The van der Waals surface area contributed by atoms with Crippen LogP contribution in [0.1, 0.15) is 55.0 Å². The summed E-state index contributed by atoms with van der Waals surface area (Å²) in [7, 11) is 3.21. The van der Waals surface area contributed by atoms with E-state index >= 15 is 0 Å². The molecule has 28 heavy (non-hydrogen) atoms. The summed E-state index contributed by atoms with van der Waals surface area (Å²) in [5, 5.41) is 3.11. The molecule has 0 bridgehead atoms. The van der Waals surface area contributed by atoms with Crippen molar-refractivity contribution in [3.63, 3.8) is 0 Å². The van der Waals surface area contributed by atoms with Gasteiger partial charge in [0.15, 0.2) is 11.5 Å². The van der Waals surface area contributed by atoms with Crippen LogP contribution in [0.5, 0.6) is 11.5 Å². The lowest BCUT2D eigenvalue weighted by atomic mass is 9.89. The summed E-state index contributed by atoms with van der Waals surface area (Å²) >= 11 is 0. The molecule has 4 nitrogen and oxygen atoms in total. The molecule has 1 atom stereocenters. The molecule has 3 rings (SSSR count). The fourth-order valence-electron chi connectivity index (χ4n) is 3.67. The molecule has 0 aromatic heterocycles. The molecule has 0 spiro atoms.